The summed E-state index contributed by atoms with van der Waals surface area (Å²) in [6.45, 7) is 3.96. The molecule has 6 nitrogen and oxygen atoms in total. The topological polar surface area (TPSA) is 57.2 Å². The molecule has 6 heteroatoms. The highest BCUT2D eigenvalue weighted by Crippen LogP contribution is 2.32. The molecule has 1 amide bonds. The standard InChI is InChI=1S/C18H21NO5/c20-18(4-2-13-1-3-16-17(7-13)24-12-23-16)19-8-15(9-19)22-11-14-5-6-21-10-14/h1-4,7,14-15H,5-6,8-12H2. The van der Waals surface area contributed by atoms with Crippen LogP contribution in [0.15, 0.2) is 24.3 Å². The summed E-state index contributed by atoms with van der Waals surface area (Å²) in [5.74, 6) is 1.99. The summed E-state index contributed by atoms with van der Waals surface area (Å²) in [5.41, 5.74) is 0.919. The van der Waals surface area contributed by atoms with Gasteiger partial charge in [-0.05, 0) is 30.2 Å². The molecule has 3 aliphatic heterocycles. The van der Waals surface area contributed by atoms with E-state index >= 15 is 0 Å². The maximum Gasteiger partial charge on any atom is 0.246 e. The van der Waals surface area contributed by atoms with Gasteiger partial charge >= 0.3 is 0 Å². The van der Waals surface area contributed by atoms with E-state index in [4.69, 9.17) is 18.9 Å². The summed E-state index contributed by atoms with van der Waals surface area (Å²) in [7, 11) is 0. The molecule has 3 aliphatic rings. The maximum absolute atomic E-state index is 12.1. The Morgan fingerprint density at radius 2 is 2.17 bits per heavy atom. The highest BCUT2D eigenvalue weighted by Gasteiger charge is 2.31. The Labute approximate surface area is 140 Å². The van der Waals surface area contributed by atoms with Crippen LogP contribution in [0.2, 0.25) is 0 Å². The molecule has 2 saturated heterocycles. The van der Waals surface area contributed by atoms with E-state index in [0.717, 1.165) is 43.3 Å². The van der Waals surface area contributed by atoms with Crippen molar-refractivity contribution in [2.24, 2.45) is 5.92 Å². The number of benzene rings is 1. The molecule has 1 unspecified atom stereocenters. The smallest absolute Gasteiger partial charge is 0.246 e. The zero-order chi connectivity index (χ0) is 16.4. The number of fused-ring (bicyclic) bond motifs is 1. The Bertz CT molecular complexity index is 632. The van der Waals surface area contributed by atoms with Crippen molar-refractivity contribution in [3.8, 4) is 11.5 Å². The van der Waals surface area contributed by atoms with Crippen molar-refractivity contribution in [3.05, 3.63) is 29.8 Å². The Balaban J connectivity index is 1.22. The number of carbonyl (C=O) groups is 1. The van der Waals surface area contributed by atoms with E-state index in [1.165, 1.54) is 0 Å². The molecule has 2 fully saturated rings. The van der Waals surface area contributed by atoms with Crippen LogP contribution in [0, 0.1) is 5.92 Å². The number of ether oxygens (including phenoxy) is 4. The Morgan fingerprint density at radius 1 is 1.29 bits per heavy atom. The van der Waals surface area contributed by atoms with Gasteiger partial charge in [0.15, 0.2) is 11.5 Å². The summed E-state index contributed by atoms with van der Waals surface area (Å²) in [6.07, 6.45) is 4.63. The molecule has 0 bridgehead atoms. The minimum Gasteiger partial charge on any atom is -0.454 e. The number of amides is 1. The number of hydrogen-bond donors (Lipinski definition) is 0. The van der Waals surface area contributed by atoms with Crippen molar-refractivity contribution < 1.29 is 23.7 Å². The molecule has 0 spiro atoms. The summed E-state index contributed by atoms with van der Waals surface area (Å²) in [4.78, 5) is 13.9. The van der Waals surface area contributed by atoms with Gasteiger partial charge in [-0.1, -0.05) is 6.07 Å². The first-order valence-electron chi connectivity index (χ1n) is 8.34. The molecule has 1 atom stereocenters. The van der Waals surface area contributed by atoms with Gasteiger partial charge < -0.3 is 23.8 Å². The minimum atomic E-state index is 0.0108. The number of rotatable bonds is 5. The van der Waals surface area contributed by atoms with Crippen LogP contribution in [-0.2, 0) is 14.3 Å². The van der Waals surface area contributed by atoms with Gasteiger partial charge in [0.1, 0.15) is 0 Å². The first kappa shape index (κ1) is 15.5. The molecule has 0 saturated carbocycles. The first-order valence-corrected chi connectivity index (χ1v) is 8.34. The minimum absolute atomic E-state index is 0.0108. The summed E-state index contributed by atoms with van der Waals surface area (Å²) >= 11 is 0. The fraction of sp³-hybridized carbons (Fsp3) is 0.500. The molecule has 0 aliphatic carbocycles. The molecule has 24 heavy (non-hydrogen) atoms. The van der Waals surface area contributed by atoms with Crippen LogP contribution in [0.3, 0.4) is 0 Å². The third-order valence-corrected chi connectivity index (χ3v) is 4.57. The Morgan fingerprint density at radius 3 is 3.00 bits per heavy atom. The van der Waals surface area contributed by atoms with Gasteiger partial charge in [0.25, 0.3) is 0 Å². The normalized spacial score (nSPS) is 23.0. The second kappa shape index (κ2) is 6.83. The molecular weight excluding hydrogens is 310 g/mol. The monoisotopic (exact) mass is 331 g/mol. The van der Waals surface area contributed by atoms with Crippen LogP contribution in [-0.4, -0.2) is 56.6 Å². The zero-order valence-electron chi connectivity index (χ0n) is 13.5. The van der Waals surface area contributed by atoms with Gasteiger partial charge in [0, 0.05) is 31.7 Å². The highest BCUT2D eigenvalue weighted by atomic mass is 16.7. The van der Waals surface area contributed by atoms with Gasteiger partial charge in [-0.25, -0.2) is 0 Å². The van der Waals surface area contributed by atoms with Crippen molar-refractivity contribution in [1.82, 2.24) is 4.90 Å². The lowest BCUT2D eigenvalue weighted by atomic mass is 10.1. The van der Waals surface area contributed by atoms with E-state index in [2.05, 4.69) is 0 Å². The van der Waals surface area contributed by atoms with Crippen molar-refractivity contribution in [2.75, 3.05) is 39.7 Å². The molecule has 0 aromatic heterocycles. The van der Waals surface area contributed by atoms with Crippen LogP contribution < -0.4 is 9.47 Å². The predicted molar refractivity (Wildman–Crippen MR) is 86.8 cm³/mol. The van der Waals surface area contributed by atoms with Crippen LogP contribution >= 0.6 is 0 Å². The van der Waals surface area contributed by atoms with Crippen LogP contribution in [0.25, 0.3) is 6.08 Å². The van der Waals surface area contributed by atoms with Gasteiger partial charge in [0.05, 0.1) is 19.3 Å². The van der Waals surface area contributed by atoms with E-state index in [0.29, 0.717) is 19.0 Å². The summed E-state index contributed by atoms with van der Waals surface area (Å²) in [5, 5.41) is 0. The molecular formula is C18H21NO5. The number of nitrogens with zero attached hydrogens (tertiary/aromatic N) is 1. The third-order valence-electron chi connectivity index (χ3n) is 4.57. The van der Waals surface area contributed by atoms with Gasteiger partial charge in [-0.3, -0.25) is 4.79 Å². The zero-order valence-corrected chi connectivity index (χ0v) is 13.5. The lowest BCUT2D eigenvalue weighted by Gasteiger charge is -2.38. The van der Waals surface area contributed by atoms with E-state index < -0.39 is 0 Å². The molecule has 128 valence electrons. The van der Waals surface area contributed by atoms with E-state index in [-0.39, 0.29) is 18.8 Å². The number of hydrogen-bond acceptors (Lipinski definition) is 5. The Kier molecular flexibility index (Phi) is 4.40. The Hall–Kier alpha value is -2.05. The average molecular weight is 331 g/mol. The number of likely N-dealkylation sites (tertiary alicyclic amines) is 1. The summed E-state index contributed by atoms with van der Waals surface area (Å²) < 4.78 is 21.8. The van der Waals surface area contributed by atoms with E-state index in [1.807, 2.05) is 18.2 Å². The second-order valence-corrected chi connectivity index (χ2v) is 6.37. The summed E-state index contributed by atoms with van der Waals surface area (Å²) in [6, 6.07) is 5.63. The number of carbonyl (C=O) groups excluding carboxylic acids is 1. The van der Waals surface area contributed by atoms with Crippen LogP contribution in [0.1, 0.15) is 12.0 Å². The fourth-order valence-electron chi connectivity index (χ4n) is 3.00. The SMILES string of the molecule is O=C(C=Cc1ccc2c(c1)OCO2)N1CC(OCC2CCOC2)C1. The predicted octanol–water partition coefficient (Wildman–Crippen LogP) is 1.69. The first-order chi connectivity index (χ1) is 11.8. The fourth-order valence-corrected chi connectivity index (χ4v) is 3.00. The van der Waals surface area contributed by atoms with Crippen LogP contribution in [0.4, 0.5) is 0 Å². The lowest BCUT2D eigenvalue weighted by molar-refractivity contribution is -0.140. The lowest BCUT2D eigenvalue weighted by Crippen LogP contribution is -2.54. The maximum atomic E-state index is 12.1. The van der Waals surface area contributed by atoms with E-state index in [9.17, 15) is 4.79 Å². The van der Waals surface area contributed by atoms with Gasteiger partial charge in [-0.2, -0.15) is 0 Å². The van der Waals surface area contributed by atoms with Crippen molar-refractivity contribution >= 4 is 12.0 Å². The van der Waals surface area contributed by atoms with Crippen molar-refractivity contribution in [2.45, 2.75) is 12.5 Å². The molecule has 1 aromatic carbocycles. The molecule has 3 heterocycles. The molecule has 0 radical (unpaired) electrons. The molecule has 0 N–H and O–H groups in total. The second-order valence-electron chi connectivity index (χ2n) is 6.37. The molecule has 1 aromatic rings. The van der Waals surface area contributed by atoms with Gasteiger partial charge in [0.2, 0.25) is 12.7 Å². The quantitative estimate of drug-likeness (QED) is 0.769. The van der Waals surface area contributed by atoms with E-state index in [1.54, 1.807) is 17.1 Å². The van der Waals surface area contributed by atoms with Crippen molar-refractivity contribution in [3.63, 3.8) is 0 Å². The average Bonchev–Trinajstić information content (AvgIpc) is 3.22. The third kappa shape index (κ3) is 3.39. The highest BCUT2D eigenvalue weighted by molar-refractivity contribution is 5.92. The largest absolute Gasteiger partial charge is 0.454 e. The van der Waals surface area contributed by atoms with Crippen molar-refractivity contribution in [1.29, 1.82) is 0 Å². The molecule has 4 rings (SSSR count). The van der Waals surface area contributed by atoms with Gasteiger partial charge in [-0.15, -0.1) is 0 Å². The van der Waals surface area contributed by atoms with Crippen LogP contribution in [0.5, 0.6) is 11.5 Å².